The van der Waals surface area contributed by atoms with Crippen LogP contribution in [-0.4, -0.2) is 20.8 Å². The standard InChI is InChI=1S/C13H11N3OS/c1-9-15-11(8-18-9)6-16-5-10(7-17)12-3-2-4-14-13(12)16/h2-5,7-8H,6H2,1H3. The second kappa shape index (κ2) is 4.34. The summed E-state index contributed by atoms with van der Waals surface area (Å²) in [6, 6.07) is 3.75. The summed E-state index contributed by atoms with van der Waals surface area (Å²) in [7, 11) is 0. The summed E-state index contributed by atoms with van der Waals surface area (Å²) in [5.74, 6) is 0. The summed E-state index contributed by atoms with van der Waals surface area (Å²) >= 11 is 1.63. The molecule has 0 unspecified atom stereocenters. The monoisotopic (exact) mass is 257 g/mol. The number of carbonyl (C=O) groups is 1. The van der Waals surface area contributed by atoms with Crippen molar-refractivity contribution < 1.29 is 4.79 Å². The molecule has 0 spiro atoms. The van der Waals surface area contributed by atoms with E-state index in [9.17, 15) is 4.79 Å². The number of nitrogens with zero attached hydrogens (tertiary/aromatic N) is 3. The van der Waals surface area contributed by atoms with E-state index in [0.29, 0.717) is 12.1 Å². The molecule has 0 radical (unpaired) electrons. The van der Waals surface area contributed by atoms with Crippen molar-refractivity contribution >= 4 is 28.7 Å². The third-order valence-corrected chi connectivity index (χ3v) is 3.61. The topological polar surface area (TPSA) is 47.8 Å². The molecular weight excluding hydrogens is 246 g/mol. The van der Waals surface area contributed by atoms with Gasteiger partial charge >= 0.3 is 0 Å². The Balaban J connectivity index is 2.09. The van der Waals surface area contributed by atoms with E-state index in [1.54, 1.807) is 17.5 Å². The van der Waals surface area contributed by atoms with Crippen LogP contribution in [0.25, 0.3) is 11.0 Å². The fourth-order valence-corrected chi connectivity index (χ4v) is 2.62. The fourth-order valence-electron chi connectivity index (χ4n) is 2.02. The van der Waals surface area contributed by atoms with Crippen LogP contribution in [0.3, 0.4) is 0 Å². The van der Waals surface area contributed by atoms with Crippen LogP contribution in [0.2, 0.25) is 0 Å². The van der Waals surface area contributed by atoms with Crippen LogP contribution in [0.4, 0.5) is 0 Å². The summed E-state index contributed by atoms with van der Waals surface area (Å²) < 4.78 is 1.97. The predicted octanol–water partition coefficient (Wildman–Crippen LogP) is 2.66. The normalized spacial score (nSPS) is 10.9. The number of hydrogen-bond acceptors (Lipinski definition) is 4. The molecular formula is C13H11N3OS. The molecule has 3 aromatic heterocycles. The maximum Gasteiger partial charge on any atom is 0.152 e. The molecule has 3 heterocycles. The van der Waals surface area contributed by atoms with Gasteiger partial charge in [-0.2, -0.15) is 0 Å². The van der Waals surface area contributed by atoms with Crippen LogP contribution in [0, 0.1) is 6.92 Å². The Hall–Kier alpha value is -2.01. The molecule has 0 aliphatic heterocycles. The molecule has 90 valence electrons. The molecule has 0 aliphatic rings. The van der Waals surface area contributed by atoms with E-state index < -0.39 is 0 Å². The number of hydrogen-bond donors (Lipinski definition) is 0. The van der Waals surface area contributed by atoms with Gasteiger partial charge in [0.15, 0.2) is 6.29 Å². The van der Waals surface area contributed by atoms with Crippen molar-refractivity contribution in [3.63, 3.8) is 0 Å². The second-order valence-electron chi connectivity index (χ2n) is 4.06. The molecule has 0 aromatic carbocycles. The molecule has 0 N–H and O–H groups in total. The van der Waals surface area contributed by atoms with E-state index in [0.717, 1.165) is 28.0 Å². The van der Waals surface area contributed by atoms with Crippen molar-refractivity contribution in [2.45, 2.75) is 13.5 Å². The molecule has 18 heavy (non-hydrogen) atoms. The van der Waals surface area contributed by atoms with Crippen LogP contribution < -0.4 is 0 Å². The smallest absolute Gasteiger partial charge is 0.152 e. The zero-order valence-corrected chi connectivity index (χ0v) is 10.6. The Morgan fingerprint density at radius 1 is 1.50 bits per heavy atom. The average molecular weight is 257 g/mol. The third-order valence-electron chi connectivity index (χ3n) is 2.79. The number of aryl methyl sites for hydroxylation is 1. The molecule has 0 atom stereocenters. The first-order chi connectivity index (χ1) is 8.78. The Labute approximate surface area is 108 Å². The molecule has 0 aliphatic carbocycles. The number of thiazole rings is 1. The van der Waals surface area contributed by atoms with Gasteiger partial charge in [-0.3, -0.25) is 4.79 Å². The average Bonchev–Trinajstić information content (AvgIpc) is 2.95. The minimum atomic E-state index is 0.645. The fraction of sp³-hybridized carbons (Fsp3) is 0.154. The number of carbonyl (C=O) groups excluding carboxylic acids is 1. The van der Waals surface area contributed by atoms with Crippen LogP contribution in [0.5, 0.6) is 0 Å². The highest BCUT2D eigenvalue weighted by Crippen LogP contribution is 2.19. The van der Waals surface area contributed by atoms with Crippen molar-refractivity contribution in [3.05, 3.63) is 46.2 Å². The molecule has 0 bridgehead atoms. The summed E-state index contributed by atoms with van der Waals surface area (Å²) in [6.45, 7) is 2.63. The van der Waals surface area contributed by atoms with Crippen molar-refractivity contribution in [1.29, 1.82) is 0 Å². The first-order valence-electron chi connectivity index (χ1n) is 5.58. The van der Waals surface area contributed by atoms with E-state index >= 15 is 0 Å². The highest BCUT2D eigenvalue weighted by Gasteiger charge is 2.09. The van der Waals surface area contributed by atoms with Crippen molar-refractivity contribution in [2.24, 2.45) is 0 Å². The van der Waals surface area contributed by atoms with Gasteiger partial charge in [0.05, 0.1) is 17.2 Å². The lowest BCUT2D eigenvalue weighted by Crippen LogP contribution is -1.99. The van der Waals surface area contributed by atoms with Gasteiger partial charge in [0.2, 0.25) is 0 Å². The van der Waals surface area contributed by atoms with Crippen LogP contribution in [0.1, 0.15) is 21.1 Å². The number of pyridine rings is 1. The van der Waals surface area contributed by atoms with Crippen molar-refractivity contribution in [1.82, 2.24) is 14.5 Å². The van der Waals surface area contributed by atoms with Crippen molar-refractivity contribution in [2.75, 3.05) is 0 Å². The van der Waals surface area contributed by atoms with E-state index in [2.05, 4.69) is 9.97 Å². The third kappa shape index (κ3) is 1.82. The molecule has 3 aromatic rings. The Morgan fingerprint density at radius 2 is 2.39 bits per heavy atom. The Bertz CT molecular complexity index is 714. The molecule has 5 heteroatoms. The summed E-state index contributed by atoms with van der Waals surface area (Å²) in [4.78, 5) is 19.8. The van der Waals surface area contributed by atoms with Crippen LogP contribution in [-0.2, 0) is 6.54 Å². The number of fused-ring (bicyclic) bond motifs is 1. The van der Waals surface area contributed by atoms with Crippen molar-refractivity contribution in [3.8, 4) is 0 Å². The lowest BCUT2D eigenvalue weighted by atomic mass is 10.2. The lowest BCUT2D eigenvalue weighted by Gasteiger charge is -2.00. The van der Waals surface area contributed by atoms with Gasteiger partial charge in [-0.05, 0) is 19.1 Å². The molecule has 0 saturated carbocycles. The van der Waals surface area contributed by atoms with E-state index in [-0.39, 0.29) is 0 Å². The number of rotatable bonds is 3. The van der Waals surface area contributed by atoms with Gasteiger partial charge < -0.3 is 4.57 Å². The Morgan fingerprint density at radius 3 is 3.11 bits per heavy atom. The van der Waals surface area contributed by atoms with E-state index in [1.165, 1.54) is 0 Å². The van der Waals surface area contributed by atoms with Gasteiger partial charge in [-0.1, -0.05) is 0 Å². The molecule has 3 rings (SSSR count). The van der Waals surface area contributed by atoms with Gasteiger partial charge in [0.25, 0.3) is 0 Å². The maximum absolute atomic E-state index is 11.0. The van der Waals surface area contributed by atoms with Crippen LogP contribution in [0.15, 0.2) is 29.9 Å². The quantitative estimate of drug-likeness (QED) is 0.678. The molecule has 0 fully saturated rings. The van der Waals surface area contributed by atoms with Crippen LogP contribution >= 0.6 is 11.3 Å². The molecule has 4 nitrogen and oxygen atoms in total. The minimum Gasteiger partial charge on any atom is -0.326 e. The van der Waals surface area contributed by atoms with Gasteiger partial charge in [-0.15, -0.1) is 11.3 Å². The molecule has 0 saturated heterocycles. The largest absolute Gasteiger partial charge is 0.326 e. The van der Waals surface area contributed by atoms with E-state index in [1.807, 2.05) is 35.2 Å². The second-order valence-corrected chi connectivity index (χ2v) is 5.12. The summed E-state index contributed by atoms with van der Waals surface area (Å²) in [6.07, 6.45) is 4.44. The van der Waals surface area contributed by atoms with E-state index in [4.69, 9.17) is 0 Å². The lowest BCUT2D eigenvalue weighted by molar-refractivity contribution is 0.112. The number of aromatic nitrogens is 3. The highest BCUT2D eigenvalue weighted by atomic mass is 32.1. The summed E-state index contributed by atoms with van der Waals surface area (Å²) in [5, 5.41) is 3.97. The highest BCUT2D eigenvalue weighted by molar-refractivity contribution is 7.09. The zero-order chi connectivity index (χ0) is 12.5. The summed E-state index contributed by atoms with van der Waals surface area (Å²) in [5.41, 5.74) is 2.49. The number of aldehydes is 1. The van der Waals surface area contributed by atoms with Gasteiger partial charge in [0, 0.05) is 28.7 Å². The molecule has 0 amide bonds. The van der Waals surface area contributed by atoms with Gasteiger partial charge in [0.1, 0.15) is 5.65 Å². The first-order valence-corrected chi connectivity index (χ1v) is 6.46. The predicted molar refractivity (Wildman–Crippen MR) is 71.1 cm³/mol. The maximum atomic E-state index is 11.0. The first kappa shape index (κ1) is 11.1. The zero-order valence-electron chi connectivity index (χ0n) is 9.83. The Kier molecular flexibility index (Phi) is 2.68. The van der Waals surface area contributed by atoms with Gasteiger partial charge in [-0.25, -0.2) is 9.97 Å². The SMILES string of the molecule is Cc1nc(Cn2cc(C=O)c3cccnc32)cs1. The minimum absolute atomic E-state index is 0.645.